The lowest BCUT2D eigenvalue weighted by Gasteiger charge is -2.33. The van der Waals surface area contributed by atoms with Gasteiger partial charge in [-0.3, -0.25) is 14.5 Å². The summed E-state index contributed by atoms with van der Waals surface area (Å²) in [4.78, 5) is 26.0. The van der Waals surface area contributed by atoms with Gasteiger partial charge in [0.25, 0.3) is 0 Å². The summed E-state index contributed by atoms with van der Waals surface area (Å²) in [6.07, 6.45) is 0. The number of nitrogens with zero attached hydrogens (tertiary/aromatic N) is 1. The zero-order valence-electron chi connectivity index (χ0n) is 10.7. The first-order valence-electron chi connectivity index (χ1n) is 5.71. The number of likely N-dealkylation sites (tertiary alicyclic amines) is 1. The molecule has 2 saturated heterocycles. The summed E-state index contributed by atoms with van der Waals surface area (Å²) in [6, 6.07) is 0. The van der Waals surface area contributed by atoms with E-state index in [1.54, 1.807) is 23.5 Å². The molecule has 0 N–H and O–H groups in total. The van der Waals surface area contributed by atoms with Gasteiger partial charge in [-0.15, -0.1) is 23.5 Å². The van der Waals surface area contributed by atoms with Crippen molar-refractivity contribution in [3.8, 4) is 0 Å². The van der Waals surface area contributed by atoms with Gasteiger partial charge < -0.3 is 9.47 Å². The average molecular weight is 291 g/mol. The van der Waals surface area contributed by atoms with E-state index in [-0.39, 0.29) is 16.1 Å². The van der Waals surface area contributed by atoms with Gasteiger partial charge in [-0.2, -0.15) is 0 Å². The Morgan fingerprint density at radius 1 is 1.17 bits per heavy atom. The number of methoxy groups -OCH3 is 2. The van der Waals surface area contributed by atoms with Crippen LogP contribution >= 0.6 is 23.5 Å². The number of carbonyl (C=O) groups excluding carboxylic acids is 2. The van der Waals surface area contributed by atoms with Crippen molar-refractivity contribution < 1.29 is 19.1 Å². The third-order valence-corrected chi connectivity index (χ3v) is 7.20. The first-order chi connectivity index (χ1) is 8.56. The minimum Gasteiger partial charge on any atom is -0.469 e. The van der Waals surface area contributed by atoms with Crippen molar-refractivity contribution in [1.29, 1.82) is 0 Å². The molecule has 1 spiro atoms. The monoisotopic (exact) mass is 291 g/mol. The quantitative estimate of drug-likeness (QED) is 0.692. The van der Waals surface area contributed by atoms with Crippen molar-refractivity contribution in [2.45, 2.75) is 4.20 Å². The number of ether oxygens (including phenoxy) is 2. The summed E-state index contributed by atoms with van der Waals surface area (Å²) in [5.41, 5.74) is 0. The molecule has 2 aliphatic rings. The van der Waals surface area contributed by atoms with Crippen LogP contribution in [0.3, 0.4) is 0 Å². The molecule has 0 aromatic heterocycles. The first-order valence-corrected chi connectivity index (χ1v) is 7.68. The van der Waals surface area contributed by atoms with Crippen molar-refractivity contribution in [2.75, 3.05) is 39.3 Å². The van der Waals surface area contributed by atoms with E-state index >= 15 is 0 Å². The fraction of sp³-hybridized carbons (Fsp3) is 0.818. The highest BCUT2D eigenvalue weighted by Crippen LogP contribution is 2.57. The number of rotatable bonds is 2. The molecule has 7 heteroatoms. The van der Waals surface area contributed by atoms with Crippen LogP contribution in [0.2, 0.25) is 0 Å². The van der Waals surface area contributed by atoms with Gasteiger partial charge in [0.1, 0.15) is 10.1 Å². The molecular formula is C11H17NO4S2. The van der Waals surface area contributed by atoms with Crippen LogP contribution in [0.25, 0.3) is 0 Å². The predicted molar refractivity (Wildman–Crippen MR) is 71.3 cm³/mol. The molecular weight excluding hydrogens is 274 g/mol. The molecule has 5 nitrogen and oxygen atoms in total. The topological polar surface area (TPSA) is 55.8 Å². The van der Waals surface area contributed by atoms with E-state index in [0.29, 0.717) is 6.54 Å². The van der Waals surface area contributed by atoms with Gasteiger partial charge in [-0.25, -0.2) is 0 Å². The molecule has 0 saturated carbocycles. The highest BCUT2D eigenvalue weighted by atomic mass is 32.2. The smallest absolute Gasteiger partial charge is 0.313 e. The molecule has 0 aliphatic carbocycles. The summed E-state index contributed by atoms with van der Waals surface area (Å²) in [5, 5.41) is 0. The minimum absolute atomic E-state index is 0.323. The zero-order chi connectivity index (χ0) is 13.3. The van der Waals surface area contributed by atoms with E-state index in [9.17, 15) is 9.59 Å². The Hall–Kier alpha value is -0.400. The van der Waals surface area contributed by atoms with Crippen molar-refractivity contribution in [2.24, 2.45) is 11.8 Å². The number of esters is 2. The summed E-state index contributed by atoms with van der Waals surface area (Å²) < 4.78 is 9.34. The molecule has 2 rings (SSSR count). The van der Waals surface area contributed by atoms with Crippen molar-refractivity contribution in [3.63, 3.8) is 0 Å². The molecule has 0 unspecified atom stereocenters. The van der Waals surface area contributed by atoms with E-state index in [1.807, 2.05) is 7.05 Å². The van der Waals surface area contributed by atoms with Crippen LogP contribution in [-0.4, -0.2) is 60.4 Å². The van der Waals surface area contributed by atoms with Crippen LogP contribution in [0, 0.1) is 11.8 Å². The van der Waals surface area contributed by atoms with Gasteiger partial charge in [0.2, 0.25) is 0 Å². The molecule has 102 valence electrons. The van der Waals surface area contributed by atoms with Crippen LogP contribution in [0.4, 0.5) is 0 Å². The number of hydrogen-bond acceptors (Lipinski definition) is 7. The lowest BCUT2D eigenvalue weighted by Crippen LogP contribution is -2.43. The normalized spacial score (nSPS) is 30.6. The van der Waals surface area contributed by atoms with Crippen molar-refractivity contribution in [1.82, 2.24) is 4.90 Å². The molecule has 0 aromatic rings. The maximum atomic E-state index is 12.1. The Labute approximate surface area is 115 Å². The SMILES string of the molecule is COC(=O)[C@@H]1CN(C)C2(SCCS2)[C@H]1C(=O)OC. The van der Waals surface area contributed by atoms with Gasteiger partial charge in [0.15, 0.2) is 0 Å². The summed E-state index contributed by atoms with van der Waals surface area (Å²) in [5.74, 6) is 0.411. The highest BCUT2D eigenvalue weighted by molar-refractivity contribution is 8.21. The van der Waals surface area contributed by atoms with E-state index in [2.05, 4.69) is 4.90 Å². The Bertz CT molecular complexity index is 357. The Kier molecular flexibility index (Phi) is 4.13. The average Bonchev–Trinajstić information content (AvgIpc) is 2.96. The molecule has 2 atom stereocenters. The van der Waals surface area contributed by atoms with Gasteiger partial charge in [-0.05, 0) is 7.05 Å². The van der Waals surface area contributed by atoms with Crippen LogP contribution in [-0.2, 0) is 19.1 Å². The second kappa shape index (κ2) is 5.30. The van der Waals surface area contributed by atoms with E-state index in [0.717, 1.165) is 11.5 Å². The van der Waals surface area contributed by atoms with Crippen LogP contribution in [0.1, 0.15) is 0 Å². The van der Waals surface area contributed by atoms with E-state index in [1.165, 1.54) is 14.2 Å². The van der Waals surface area contributed by atoms with Crippen LogP contribution in [0.5, 0.6) is 0 Å². The number of carbonyl (C=O) groups is 2. The van der Waals surface area contributed by atoms with Gasteiger partial charge in [0.05, 0.1) is 20.1 Å². The van der Waals surface area contributed by atoms with Gasteiger partial charge in [0, 0.05) is 18.1 Å². The second-order valence-corrected chi connectivity index (χ2v) is 7.24. The summed E-state index contributed by atoms with van der Waals surface area (Å²) in [7, 11) is 4.67. The predicted octanol–water partition coefficient (Wildman–Crippen LogP) is 0.644. The van der Waals surface area contributed by atoms with Crippen molar-refractivity contribution >= 4 is 35.5 Å². The fourth-order valence-electron chi connectivity index (χ4n) is 2.64. The third-order valence-electron chi connectivity index (χ3n) is 3.46. The zero-order valence-corrected chi connectivity index (χ0v) is 12.3. The standard InChI is InChI=1S/C11H17NO4S2/c1-12-6-7(9(13)15-2)8(10(14)16-3)11(12)17-4-5-18-11/h7-8H,4-6H2,1-3H3/t7-,8-/m1/s1. The Balaban J connectivity index is 2.34. The lowest BCUT2D eigenvalue weighted by atomic mass is 9.96. The van der Waals surface area contributed by atoms with Gasteiger partial charge in [-0.1, -0.05) is 0 Å². The first kappa shape index (κ1) is 14.0. The number of hydrogen-bond donors (Lipinski definition) is 0. The molecule has 2 fully saturated rings. The van der Waals surface area contributed by atoms with E-state index < -0.39 is 11.8 Å². The molecule has 0 amide bonds. The van der Waals surface area contributed by atoms with Crippen LogP contribution < -0.4 is 0 Å². The summed E-state index contributed by atoms with van der Waals surface area (Å²) >= 11 is 3.45. The van der Waals surface area contributed by atoms with Crippen LogP contribution in [0.15, 0.2) is 0 Å². The maximum Gasteiger partial charge on any atom is 0.313 e. The Morgan fingerprint density at radius 2 is 1.72 bits per heavy atom. The van der Waals surface area contributed by atoms with Crippen molar-refractivity contribution in [3.05, 3.63) is 0 Å². The van der Waals surface area contributed by atoms with Gasteiger partial charge >= 0.3 is 11.9 Å². The largest absolute Gasteiger partial charge is 0.469 e. The molecule has 18 heavy (non-hydrogen) atoms. The molecule has 0 bridgehead atoms. The molecule has 2 aliphatic heterocycles. The molecule has 0 radical (unpaired) electrons. The third kappa shape index (κ3) is 2.02. The lowest BCUT2D eigenvalue weighted by molar-refractivity contribution is -0.155. The molecule has 2 heterocycles. The highest BCUT2D eigenvalue weighted by Gasteiger charge is 2.61. The van der Waals surface area contributed by atoms with E-state index in [4.69, 9.17) is 9.47 Å². The Morgan fingerprint density at radius 3 is 2.22 bits per heavy atom. The number of thioether (sulfide) groups is 2. The maximum absolute atomic E-state index is 12.1. The molecule has 0 aromatic carbocycles. The fourth-order valence-corrected chi connectivity index (χ4v) is 6.19. The minimum atomic E-state index is -0.461. The second-order valence-electron chi connectivity index (χ2n) is 4.34. The summed E-state index contributed by atoms with van der Waals surface area (Å²) in [6.45, 7) is 0.534.